The lowest BCUT2D eigenvalue weighted by atomic mass is 9.84. The Hall–Kier alpha value is -6.17. The van der Waals surface area contributed by atoms with Gasteiger partial charge < -0.3 is 52.5 Å². The van der Waals surface area contributed by atoms with Crippen LogP contribution in [0.15, 0.2) is 66.7 Å². The molecule has 0 saturated carbocycles. The number of amides is 7. The van der Waals surface area contributed by atoms with E-state index in [0.29, 0.717) is 17.7 Å². The Labute approximate surface area is 405 Å². The molecule has 372 valence electrons. The summed E-state index contributed by atoms with van der Waals surface area (Å²) in [7, 11) is 3.43. The number of nitrogens with one attached hydrogen (secondary N) is 6. The first-order chi connectivity index (χ1) is 32.5. The van der Waals surface area contributed by atoms with Gasteiger partial charge in [-0.25, -0.2) is 0 Å². The average molecular weight is 950 g/mol. The molecular weight excluding hydrogens is 879 g/mol. The lowest BCUT2D eigenvalue weighted by Gasteiger charge is -2.40. The number of hydrogen-bond acceptors (Lipinski definition) is 10. The Morgan fingerprint density at radius 2 is 1.45 bits per heavy atom. The minimum Gasteiger partial charge on any atom is -0.390 e. The van der Waals surface area contributed by atoms with Gasteiger partial charge in [0.05, 0.1) is 23.6 Å². The maximum Gasteiger partial charge on any atom is 0.255 e. The van der Waals surface area contributed by atoms with E-state index in [4.69, 9.17) is 5.73 Å². The molecule has 0 spiro atoms. The first kappa shape index (κ1) is 52.2. The number of aliphatic hydroxyl groups is 1. The molecule has 0 aromatic heterocycles. The van der Waals surface area contributed by atoms with Crippen LogP contribution in [0.2, 0.25) is 0 Å². The number of fused-ring (bicyclic) bond motifs is 2. The number of hydrogen-bond donors (Lipinski definition) is 8. The van der Waals surface area contributed by atoms with Gasteiger partial charge in [-0.15, -0.1) is 0 Å². The summed E-state index contributed by atoms with van der Waals surface area (Å²) in [5, 5.41) is 29.2. The molecule has 17 heteroatoms. The molecule has 0 unspecified atom stereocenters. The van der Waals surface area contributed by atoms with E-state index >= 15 is 0 Å². The number of nitrogens with two attached hydrogens (primary N) is 1. The maximum absolute atomic E-state index is 14.4. The first-order valence-electron chi connectivity index (χ1n) is 24.0. The SMILES string of the molecule is CN[C@@H](C)C(=O)N[C@H](C(=O)N1Cc2cc(NC(=O)c3ccc(C(=O)N[C@H]4C[C@@H](C(=O)N[C@@H]5CCCc6ccccc65)N(C(=O)[C@@H](C[C@H](C)NC)C(C)(C)O)C4)cc3)ccc2C[C@H]1C(N)=O)C(C)(C)C. The first-order valence-corrected chi connectivity index (χ1v) is 24.0. The van der Waals surface area contributed by atoms with Crippen molar-refractivity contribution in [2.75, 3.05) is 26.0 Å². The molecule has 69 heavy (non-hydrogen) atoms. The summed E-state index contributed by atoms with van der Waals surface area (Å²) < 4.78 is 0. The van der Waals surface area contributed by atoms with E-state index in [0.717, 1.165) is 30.4 Å². The summed E-state index contributed by atoms with van der Waals surface area (Å²) in [5.41, 5.74) is 8.42. The van der Waals surface area contributed by atoms with Crippen LogP contribution in [0.5, 0.6) is 0 Å². The second-order valence-electron chi connectivity index (χ2n) is 20.6. The van der Waals surface area contributed by atoms with Crippen LogP contribution in [-0.4, -0.2) is 119 Å². The standard InChI is InChI=1S/C52H71N9O8/c1-29(54-8)23-39(52(6,7)69)49(67)61-28-37(26-42(61)48(66)58-40-16-12-14-31-13-10-11-15-38(31)40)57-47(65)33-19-17-32(18-20-33)46(64)56-36-22-21-34-25-41(44(53)62)60(27-35(34)24-36)50(68)43(51(3,4)5)59-45(63)30(2)55-9/h10-11,13,15,17-22,24,29-30,37,39-43,54-55,69H,12,14,16,23,25-28H2,1-9H3,(H2,53,62)(H,56,64)(H,57,65)(H,58,66)(H,59,63)/t29-,30-,37-,39+,40+,41-,42-,43+/m0/s1. The van der Waals surface area contributed by atoms with E-state index in [1.54, 1.807) is 53.1 Å². The molecule has 2 heterocycles. The third kappa shape index (κ3) is 12.4. The Bertz CT molecular complexity index is 2410. The van der Waals surface area contributed by atoms with Crippen LogP contribution in [0.1, 0.15) is 123 Å². The number of likely N-dealkylation sites (tertiary alicyclic amines) is 1. The number of rotatable bonds is 16. The van der Waals surface area contributed by atoms with Crippen LogP contribution in [0.3, 0.4) is 0 Å². The summed E-state index contributed by atoms with van der Waals surface area (Å²) in [4.78, 5) is 98.7. The highest BCUT2D eigenvalue weighted by atomic mass is 16.3. The monoisotopic (exact) mass is 950 g/mol. The molecule has 1 fully saturated rings. The van der Waals surface area contributed by atoms with E-state index in [-0.39, 0.29) is 66.9 Å². The van der Waals surface area contributed by atoms with E-state index in [1.165, 1.54) is 39.6 Å². The van der Waals surface area contributed by atoms with Crippen molar-refractivity contribution >= 4 is 47.0 Å². The minimum atomic E-state index is -1.39. The molecule has 1 saturated heterocycles. The van der Waals surface area contributed by atoms with Crippen LogP contribution in [0.4, 0.5) is 5.69 Å². The number of benzene rings is 3. The molecule has 0 radical (unpaired) electrons. The fourth-order valence-corrected chi connectivity index (χ4v) is 9.57. The second kappa shape index (κ2) is 21.6. The average Bonchev–Trinajstić information content (AvgIpc) is 3.74. The van der Waals surface area contributed by atoms with Gasteiger partial charge in [0.2, 0.25) is 29.5 Å². The Morgan fingerprint density at radius 3 is 2.07 bits per heavy atom. The number of aryl methyl sites for hydroxylation is 1. The molecule has 6 rings (SSSR count). The Morgan fingerprint density at radius 1 is 0.783 bits per heavy atom. The highest BCUT2D eigenvalue weighted by Crippen LogP contribution is 2.34. The fraction of sp³-hybridized carbons (Fsp3) is 0.519. The normalized spacial score (nSPS) is 20.8. The number of primary amides is 1. The molecule has 1 aliphatic carbocycles. The van der Waals surface area contributed by atoms with Crippen LogP contribution >= 0.6 is 0 Å². The quantitative estimate of drug-likeness (QED) is 0.104. The van der Waals surface area contributed by atoms with Gasteiger partial charge in [-0.1, -0.05) is 51.1 Å². The summed E-state index contributed by atoms with van der Waals surface area (Å²) >= 11 is 0. The number of anilines is 1. The third-order valence-electron chi connectivity index (χ3n) is 14.0. The summed E-state index contributed by atoms with van der Waals surface area (Å²) in [6, 6.07) is 15.1. The lowest BCUT2D eigenvalue weighted by Crippen LogP contribution is -2.61. The molecular formula is C52H71N9O8. The molecule has 8 atom stereocenters. The predicted octanol–water partition coefficient (Wildman–Crippen LogP) is 3.09. The molecule has 3 aliphatic rings. The van der Waals surface area contributed by atoms with Crippen molar-refractivity contribution in [3.63, 3.8) is 0 Å². The van der Waals surface area contributed by atoms with Gasteiger partial charge in [0.1, 0.15) is 18.1 Å². The molecule has 0 bridgehead atoms. The van der Waals surface area contributed by atoms with Crippen molar-refractivity contribution in [1.82, 2.24) is 36.4 Å². The topological polar surface area (TPSA) is 244 Å². The summed E-state index contributed by atoms with van der Waals surface area (Å²) in [5.74, 6) is -3.91. The van der Waals surface area contributed by atoms with E-state index < -0.39 is 70.8 Å². The van der Waals surface area contributed by atoms with Crippen molar-refractivity contribution in [2.24, 2.45) is 17.1 Å². The van der Waals surface area contributed by atoms with Crippen LogP contribution < -0.4 is 37.6 Å². The zero-order chi connectivity index (χ0) is 50.5. The van der Waals surface area contributed by atoms with Gasteiger partial charge in [0.25, 0.3) is 11.8 Å². The molecule has 17 nitrogen and oxygen atoms in total. The van der Waals surface area contributed by atoms with Crippen molar-refractivity contribution in [2.45, 2.75) is 141 Å². The van der Waals surface area contributed by atoms with Crippen molar-refractivity contribution in [3.8, 4) is 0 Å². The van der Waals surface area contributed by atoms with Crippen molar-refractivity contribution in [1.29, 1.82) is 0 Å². The van der Waals surface area contributed by atoms with Crippen molar-refractivity contribution < 1.29 is 38.7 Å². The van der Waals surface area contributed by atoms with E-state index in [2.05, 4.69) is 38.0 Å². The second-order valence-corrected chi connectivity index (χ2v) is 20.6. The Balaban J connectivity index is 1.14. The van der Waals surface area contributed by atoms with Gasteiger partial charge in [0.15, 0.2) is 0 Å². The Kier molecular flexibility index (Phi) is 16.4. The zero-order valence-electron chi connectivity index (χ0n) is 41.4. The predicted molar refractivity (Wildman–Crippen MR) is 263 cm³/mol. The van der Waals surface area contributed by atoms with E-state index in [1.807, 2.05) is 45.9 Å². The van der Waals surface area contributed by atoms with Crippen LogP contribution in [0, 0.1) is 11.3 Å². The molecule has 3 aromatic rings. The van der Waals surface area contributed by atoms with E-state index in [9.17, 15) is 38.7 Å². The summed E-state index contributed by atoms with van der Waals surface area (Å²) in [6.07, 6.45) is 3.24. The van der Waals surface area contributed by atoms with Crippen molar-refractivity contribution in [3.05, 3.63) is 100 Å². The highest BCUT2D eigenvalue weighted by Gasteiger charge is 2.47. The molecule has 2 aliphatic heterocycles. The van der Waals surface area contributed by atoms with Crippen LogP contribution in [0.25, 0.3) is 0 Å². The van der Waals surface area contributed by atoms with Gasteiger partial charge in [-0.3, -0.25) is 33.6 Å². The number of carbonyl (C=O) groups is 7. The fourth-order valence-electron chi connectivity index (χ4n) is 9.57. The number of likely N-dealkylation sites (N-methyl/N-ethyl adjacent to an activating group) is 1. The lowest BCUT2D eigenvalue weighted by molar-refractivity contribution is -0.149. The van der Waals surface area contributed by atoms with Gasteiger partial charge in [0, 0.05) is 48.4 Å². The third-order valence-corrected chi connectivity index (χ3v) is 14.0. The van der Waals surface area contributed by atoms with Gasteiger partial charge >= 0.3 is 0 Å². The highest BCUT2D eigenvalue weighted by molar-refractivity contribution is 6.05. The molecule has 3 aromatic carbocycles. The largest absolute Gasteiger partial charge is 0.390 e. The smallest absolute Gasteiger partial charge is 0.255 e. The summed E-state index contributed by atoms with van der Waals surface area (Å²) in [6.45, 7) is 12.4. The minimum absolute atomic E-state index is 0.0161. The number of carbonyl (C=O) groups excluding carboxylic acids is 7. The maximum atomic E-state index is 14.4. The van der Waals surface area contributed by atoms with Gasteiger partial charge in [-0.2, -0.15) is 0 Å². The molecule has 9 N–H and O–H groups in total. The zero-order valence-corrected chi connectivity index (χ0v) is 41.4. The number of nitrogens with zero attached hydrogens (tertiary/aromatic N) is 2. The molecule has 7 amide bonds. The van der Waals surface area contributed by atoms with Crippen LogP contribution in [-0.2, 0) is 43.4 Å². The van der Waals surface area contributed by atoms with Gasteiger partial charge in [-0.05, 0) is 138 Å².